The third kappa shape index (κ3) is 5.19. The molecule has 160 valence electrons. The Labute approximate surface area is 184 Å². The van der Waals surface area contributed by atoms with Crippen LogP contribution in [0.2, 0.25) is 5.02 Å². The van der Waals surface area contributed by atoms with Crippen molar-refractivity contribution in [3.8, 4) is 0 Å². The van der Waals surface area contributed by atoms with Crippen LogP contribution in [-0.4, -0.2) is 25.8 Å². The lowest BCUT2D eigenvalue weighted by Gasteiger charge is -2.24. The molecule has 31 heavy (non-hydrogen) atoms. The first-order valence-corrected chi connectivity index (χ1v) is 10.9. The quantitative estimate of drug-likeness (QED) is 0.416. The van der Waals surface area contributed by atoms with Crippen LogP contribution in [0.4, 0.5) is 17.1 Å². The highest BCUT2D eigenvalue weighted by Gasteiger charge is 2.28. The lowest BCUT2D eigenvalue weighted by atomic mass is 10.2. The van der Waals surface area contributed by atoms with Crippen LogP contribution >= 0.6 is 11.6 Å². The van der Waals surface area contributed by atoms with Gasteiger partial charge in [0.15, 0.2) is 0 Å². The SMILES string of the molecule is Cc1ccc(NC(=O)CN(c2cccc([N+](=O)[O-])c2)S(=O)(=O)c2ccccc2)cc1Cl. The summed E-state index contributed by atoms with van der Waals surface area (Å²) in [5, 5.41) is 14.2. The van der Waals surface area contributed by atoms with Gasteiger partial charge in [-0.05, 0) is 42.8 Å². The highest BCUT2D eigenvalue weighted by molar-refractivity contribution is 7.92. The molecule has 0 bridgehead atoms. The van der Waals surface area contributed by atoms with E-state index in [1.54, 1.807) is 36.4 Å². The van der Waals surface area contributed by atoms with E-state index in [1.807, 2.05) is 6.92 Å². The Hall–Kier alpha value is -3.43. The monoisotopic (exact) mass is 459 g/mol. The fourth-order valence-corrected chi connectivity index (χ4v) is 4.41. The number of halogens is 1. The van der Waals surface area contributed by atoms with Crippen LogP contribution in [0, 0.1) is 17.0 Å². The predicted molar refractivity (Wildman–Crippen MR) is 119 cm³/mol. The van der Waals surface area contributed by atoms with E-state index in [0.717, 1.165) is 15.9 Å². The van der Waals surface area contributed by atoms with Crippen molar-refractivity contribution in [1.29, 1.82) is 0 Å². The van der Waals surface area contributed by atoms with E-state index < -0.39 is 27.4 Å². The Morgan fingerprint density at radius 2 is 1.77 bits per heavy atom. The van der Waals surface area contributed by atoms with E-state index >= 15 is 0 Å². The number of nitrogens with one attached hydrogen (secondary N) is 1. The summed E-state index contributed by atoms with van der Waals surface area (Å²) >= 11 is 6.08. The van der Waals surface area contributed by atoms with Crippen molar-refractivity contribution in [2.24, 2.45) is 0 Å². The number of hydrogen-bond donors (Lipinski definition) is 1. The number of aryl methyl sites for hydroxylation is 1. The van der Waals surface area contributed by atoms with Crippen LogP contribution in [0.25, 0.3) is 0 Å². The Morgan fingerprint density at radius 1 is 1.06 bits per heavy atom. The van der Waals surface area contributed by atoms with Gasteiger partial charge in [0.05, 0.1) is 15.5 Å². The number of benzene rings is 3. The first kappa shape index (κ1) is 22.3. The molecule has 1 amide bonds. The first-order valence-electron chi connectivity index (χ1n) is 9.07. The van der Waals surface area contributed by atoms with Crippen molar-refractivity contribution in [2.45, 2.75) is 11.8 Å². The summed E-state index contributed by atoms with van der Waals surface area (Å²) in [4.78, 5) is 23.2. The highest BCUT2D eigenvalue weighted by Crippen LogP contribution is 2.27. The van der Waals surface area contributed by atoms with Gasteiger partial charge in [0.1, 0.15) is 6.54 Å². The molecule has 0 aromatic heterocycles. The molecule has 8 nitrogen and oxygen atoms in total. The number of amides is 1. The van der Waals surface area contributed by atoms with Crippen molar-refractivity contribution in [2.75, 3.05) is 16.2 Å². The molecule has 0 saturated heterocycles. The maximum absolute atomic E-state index is 13.3. The number of hydrogen-bond acceptors (Lipinski definition) is 5. The van der Waals surface area contributed by atoms with Gasteiger partial charge in [-0.15, -0.1) is 0 Å². The number of carbonyl (C=O) groups is 1. The van der Waals surface area contributed by atoms with Gasteiger partial charge < -0.3 is 5.32 Å². The van der Waals surface area contributed by atoms with Crippen molar-refractivity contribution >= 4 is 44.6 Å². The topological polar surface area (TPSA) is 110 Å². The number of nitro benzene ring substituents is 1. The van der Waals surface area contributed by atoms with Crippen LogP contribution in [0.5, 0.6) is 0 Å². The maximum atomic E-state index is 13.3. The molecule has 0 fully saturated rings. The molecule has 0 radical (unpaired) electrons. The minimum Gasteiger partial charge on any atom is -0.324 e. The number of sulfonamides is 1. The second kappa shape index (κ2) is 9.15. The fourth-order valence-electron chi connectivity index (χ4n) is 2.80. The standard InChI is InChI=1S/C21H18ClN3O5S/c1-15-10-11-16(12-20(15)22)23-21(26)14-24(17-6-5-7-18(13-17)25(27)28)31(29,30)19-8-3-2-4-9-19/h2-13H,14H2,1H3,(H,23,26). The largest absolute Gasteiger partial charge is 0.324 e. The third-order valence-electron chi connectivity index (χ3n) is 4.40. The lowest BCUT2D eigenvalue weighted by Crippen LogP contribution is -2.38. The second-order valence-corrected chi connectivity index (χ2v) is 8.88. The molecule has 0 aliphatic rings. The Kier molecular flexibility index (Phi) is 6.57. The molecule has 1 N–H and O–H groups in total. The normalized spacial score (nSPS) is 11.0. The van der Waals surface area contributed by atoms with Crippen LogP contribution < -0.4 is 9.62 Å². The highest BCUT2D eigenvalue weighted by atomic mass is 35.5. The molecular weight excluding hydrogens is 442 g/mol. The van der Waals surface area contributed by atoms with Gasteiger partial charge in [-0.1, -0.05) is 41.9 Å². The summed E-state index contributed by atoms with van der Waals surface area (Å²) in [7, 11) is -4.17. The number of non-ortho nitro benzene ring substituents is 1. The number of rotatable bonds is 7. The van der Waals surface area contributed by atoms with Crippen molar-refractivity contribution in [1.82, 2.24) is 0 Å². The minimum absolute atomic E-state index is 0.00450. The van der Waals surface area contributed by atoms with Crippen molar-refractivity contribution in [3.63, 3.8) is 0 Å². The average Bonchev–Trinajstić information content (AvgIpc) is 2.75. The molecule has 0 unspecified atom stereocenters. The fraction of sp³-hybridized carbons (Fsp3) is 0.0952. The zero-order chi connectivity index (χ0) is 22.6. The average molecular weight is 460 g/mol. The molecular formula is C21H18ClN3O5S. The molecule has 0 aliphatic carbocycles. The number of carbonyl (C=O) groups excluding carboxylic acids is 1. The molecule has 0 atom stereocenters. The Morgan fingerprint density at radius 3 is 2.42 bits per heavy atom. The Bertz CT molecular complexity index is 1230. The molecule has 10 heteroatoms. The van der Waals surface area contributed by atoms with E-state index in [9.17, 15) is 23.3 Å². The molecule has 0 heterocycles. The molecule has 3 rings (SSSR count). The van der Waals surface area contributed by atoms with Gasteiger partial charge in [-0.25, -0.2) is 8.42 Å². The summed E-state index contributed by atoms with van der Waals surface area (Å²) in [6.07, 6.45) is 0. The van der Waals surface area contributed by atoms with E-state index in [-0.39, 0.29) is 16.3 Å². The minimum atomic E-state index is -4.17. The zero-order valence-corrected chi connectivity index (χ0v) is 17.9. The molecule has 0 aliphatic heterocycles. The van der Waals surface area contributed by atoms with E-state index in [0.29, 0.717) is 10.7 Å². The summed E-state index contributed by atoms with van der Waals surface area (Å²) < 4.78 is 27.3. The van der Waals surface area contributed by atoms with Crippen LogP contribution in [0.3, 0.4) is 0 Å². The number of anilines is 2. The third-order valence-corrected chi connectivity index (χ3v) is 6.60. The van der Waals surface area contributed by atoms with Gasteiger partial charge in [-0.2, -0.15) is 0 Å². The summed E-state index contributed by atoms with van der Waals surface area (Å²) in [5.41, 5.74) is 0.924. The van der Waals surface area contributed by atoms with Gasteiger partial charge in [0.2, 0.25) is 5.91 Å². The smallest absolute Gasteiger partial charge is 0.271 e. The second-order valence-electron chi connectivity index (χ2n) is 6.61. The van der Waals surface area contributed by atoms with Gasteiger partial charge in [0.25, 0.3) is 15.7 Å². The van der Waals surface area contributed by atoms with Gasteiger partial charge >= 0.3 is 0 Å². The zero-order valence-electron chi connectivity index (χ0n) is 16.4. The maximum Gasteiger partial charge on any atom is 0.271 e. The number of nitrogens with zero attached hydrogens (tertiary/aromatic N) is 2. The lowest BCUT2D eigenvalue weighted by molar-refractivity contribution is -0.384. The summed E-state index contributed by atoms with van der Waals surface area (Å²) in [5.74, 6) is -0.633. The molecule has 3 aromatic carbocycles. The van der Waals surface area contributed by atoms with Crippen LogP contribution in [0.15, 0.2) is 77.7 Å². The molecule has 3 aromatic rings. The van der Waals surface area contributed by atoms with E-state index in [1.165, 1.54) is 30.3 Å². The Balaban J connectivity index is 1.97. The summed E-state index contributed by atoms with van der Waals surface area (Å²) in [6.45, 7) is 1.22. The predicted octanol–water partition coefficient (Wildman–Crippen LogP) is 4.39. The first-order chi connectivity index (χ1) is 14.7. The molecule has 0 saturated carbocycles. The number of nitro groups is 1. The van der Waals surface area contributed by atoms with Crippen molar-refractivity contribution in [3.05, 3.63) is 93.5 Å². The van der Waals surface area contributed by atoms with Gasteiger partial charge in [-0.3, -0.25) is 19.2 Å². The van der Waals surface area contributed by atoms with Crippen LogP contribution in [0.1, 0.15) is 5.56 Å². The van der Waals surface area contributed by atoms with Crippen LogP contribution in [-0.2, 0) is 14.8 Å². The van der Waals surface area contributed by atoms with E-state index in [2.05, 4.69) is 5.32 Å². The molecule has 0 spiro atoms. The summed E-state index contributed by atoms with van der Waals surface area (Å²) in [6, 6.07) is 17.5. The van der Waals surface area contributed by atoms with Gasteiger partial charge in [0, 0.05) is 22.8 Å². The van der Waals surface area contributed by atoms with E-state index in [4.69, 9.17) is 11.6 Å². The van der Waals surface area contributed by atoms with Crippen molar-refractivity contribution < 1.29 is 18.1 Å².